The van der Waals surface area contributed by atoms with E-state index < -0.39 is 0 Å². The smallest absolute Gasteiger partial charge is 0.137 e. The molecule has 4 atom stereocenters. The summed E-state index contributed by atoms with van der Waals surface area (Å²) < 4.78 is 11.5. The van der Waals surface area contributed by atoms with Crippen LogP contribution in [0.25, 0.3) is 0 Å². The molecule has 4 nitrogen and oxygen atoms in total. The van der Waals surface area contributed by atoms with Crippen molar-refractivity contribution in [2.75, 3.05) is 13.2 Å². The Kier molecular flexibility index (Phi) is 3.07. The van der Waals surface area contributed by atoms with Gasteiger partial charge in [0.15, 0.2) is 0 Å². The highest BCUT2D eigenvalue weighted by molar-refractivity contribution is 4.86. The van der Waals surface area contributed by atoms with Crippen molar-refractivity contribution in [2.24, 2.45) is 5.92 Å². The Morgan fingerprint density at radius 3 is 2.86 bits per heavy atom. The van der Waals surface area contributed by atoms with E-state index in [-0.39, 0.29) is 18.4 Å². The van der Waals surface area contributed by atoms with Crippen molar-refractivity contribution in [3.05, 3.63) is 0 Å². The minimum absolute atomic E-state index is 0.0693. The van der Waals surface area contributed by atoms with Gasteiger partial charge in [-0.3, -0.25) is 10.6 Å². The van der Waals surface area contributed by atoms with Crippen molar-refractivity contribution < 1.29 is 9.47 Å². The van der Waals surface area contributed by atoms with E-state index in [2.05, 4.69) is 24.5 Å². The number of nitrogens with one attached hydrogen (secondary N) is 2. The Morgan fingerprint density at radius 1 is 1.36 bits per heavy atom. The molecule has 2 saturated heterocycles. The lowest BCUT2D eigenvalue weighted by molar-refractivity contribution is -0.199. The van der Waals surface area contributed by atoms with Crippen molar-refractivity contribution in [3.63, 3.8) is 0 Å². The van der Waals surface area contributed by atoms with Gasteiger partial charge < -0.3 is 9.47 Å². The highest BCUT2D eigenvalue weighted by Gasteiger charge is 2.36. The quantitative estimate of drug-likeness (QED) is 0.638. The van der Waals surface area contributed by atoms with E-state index >= 15 is 0 Å². The van der Waals surface area contributed by atoms with Crippen molar-refractivity contribution in [1.82, 2.24) is 10.6 Å². The Hall–Kier alpha value is -0.160. The standard InChI is InChI=1S/C10H20N2O2/c1-6(2)9-11-4-8-10(12-9)13-5-7(3)14-8/h6-12H,4-5H2,1-3H3/t7-,8?,9?,10?/m1/s1. The topological polar surface area (TPSA) is 42.5 Å². The first-order chi connectivity index (χ1) is 6.66. The summed E-state index contributed by atoms with van der Waals surface area (Å²) in [7, 11) is 0. The molecule has 0 aromatic carbocycles. The molecular weight excluding hydrogens is 180 g/mol. The number of ether oxygens (including phenoxy) is 2. The zero-order valence-electron chi connectivity index (χ0n) is 9.12. The maximum Gasteiger partial charge on any atom is 0.137 e. The molecule has 82 valence electrons. The van der Waals surface area contributed by atoms with Crippen molar-refractivity contribution in [1.29, 1.82) is 0 Å². The first kappa shape index (κ1) is 10.4. The second-order valence-electron chi connectivity index (χ2n) is 4.54. The van der Waals surface area contributed by atoms with Gasteiger partial charge in [0, 0.05) is 6.54 Å². The second kappa shape index (κ2) is 4.14. The molecule has 2 rings (SSSR count). The van der Waals surface area contributed by atoms with E-state index in [1.807, 2.05) is 6.92 Å². The molecule has 0 radical (unpaired) electrons. The molecule has 0 bridgehead atoms. The van der Waals surface area contributed by atoms with Crippen LogP contribution in [0.4, 0.5) is 0 Å². The predicted molar refractivity (Wildman–Crippen MR) is 53.8 cm³/mol. The summed E-state index contributed by atoms with van der Waals surface area (Å²) in [5.74, 6) is 0.568. The molecule has 0 amide bonds. The molecule has 2 heterocycles. The van der Waals surface area contributed by atoms with Crippen LogP contribution in [0.3, 0.4) is 0 Å². The molecule has 2 aliphatic heterocycles. The molecule has 4 heteroatoms. The molecular formula is C10H20N2O2. The lowest BCUT2D eigenvalue weighted by Crippen LogP contribution is -2.66. The lowest BCUT2D eigenvalue weighted by Gasteiger charge is -2.43. The Balaban J connectivity index is 1.91. The number of hydrogen-bond donors (Lipinski definition) is 2. The van der Waals surface area contributed by atoms with Gasteiger partial charge in [0.25, 0.3) is 0 Å². The maximum absolute atomic E-state index is 5.77. The molecule has 3 unspecified atom stereocenters. The molecule has 0 aromatic rings. The highest BCUT2D eigenvalue weighted by atomic mass is 16.6. The summed E-state index contributed by atoms with van der Waals surface area (Å²) in [6, 6.07) is 0. The number of rotatable bonds is 1. The molecule has 2 N–H and O–H groups in total. The Morgan fingerprint density at radius 2 is 2.14 bits per heavy atom. The van der Waals surface area contributed by atoms with E-state index in [1.165, 1.54) is 0 Å². The van der Waals surface area contributed by atoms with Crippen molar-refractivity contribution in [3.8, 4) is 0 Å². The molecule has 2 aliphatic rings. The average Bonchev–Trinajstić information content (AvgIpc) is 2.16. The van der Waals surface area contributed by atoms with Gasteiger partial charge in [0.2, 0.25) is 0 Å². The van der Waals surface area contributed by atoms with Crippen LogP contribution in [0, 0.1) is 5.92 Å². The first-order valence-corrected chi connectivity index (χ1v) is 5.43. The lowest BCUT2D eigenvalue weighted by atomic mass is 10.1. The van der Waals surface area contributed by atoms with Crippen LogP contribution in [0.2, 0.25) is 0 Å². The van der Waals surface area contributed by atoms with Crippen molar-refractivity contribution in [2.45, 2.75) is 45.4 Å². The molecule has 0 aromatic heterocycles. The van der Waals surface area contributed by atoms with Crippen molar-refractivity contribution >= 4 is 0 Å². The van der Waals surface area contributed by atoms with E-state index in [9.17, 15) is 0 Å². The third-order valence-electron chi connectivity index (χ3n) is 2.80. The second-order valence-corrected chi connectivity index (χ2v) is 4.54. The van der Waals surface area contributed by atoms with E-state index in [4.69, 9.17) is 9.47 Å². The molecule has 14 heavy (non-hydrogen) atoms. The van der Waals surface area contributed by atoms with Gasteiger partial charge in [-0.1, -0.05) is 13.8 Å². The van der Waals surface area contributed by atoms with Crippen LogP contribution in [0.1, 0.15) is 20.8 Å². The summed E-state index contributed by atoms with van der Waals surface area (Å²) in [6.45, 7) is 8.00. The van der Waals surface area contributed by atoms with Gasteiger partial charge in [-0.25, -0.2) is 0 Å². The predicted octanol–water partition coefficient (Wildman–Crippen LogP) is 0.291. The molecule has 0 spiro atoms. The van der Waals surface area contributed by atoms with Crippen LogP contribution < -0.4 is 10.6 Å². The van der Waals surface area contributed by atoms with Gasteiger partial charge in [-0.15, -0.1) is 0 Å². The van der Waals surface area contributed by atoms with Gasteiger partial charge >= 0.3 is 0 Å². The molecule has 0 saturated carbocycles. The monoisotopic (exact) mass is 200 g/mol. The third-order valence-corrected chi connectivity index (χ3v) is 2.80. The number of fused-ring (bicyclic) bond motifs is 1. The summed E-state index contributed by atoms with van der Waals surface area (Å²) in [5, 5.41) is 6.84. The van der Waals surface area contributed by atoms with Crippen LogP contribution in [0.15, 0.2) is 0 Å². The summed E-state index contributed by atoms with van der Waals surface area (Å²) in [5.41, 5.74) is 0. The summed E-state index contributed by atoms with van der Waals surface area (Å²) in [4.78, 5) is 0. The minimum atomic E-state index is 0.0693. The Labute approximate surface area is 85.3 Å². The van der Waals surface area contributed by atoms with Crippen LogP contribution >= 0.6 is 0 Å². The minimum Gasteiger partial charge on any atom is -0.367 e. The highest BCUT2D eigenvalue weighted by Crippen LogP contribution is 2.17. The van der Waals surface area contributed by atoms with E-state index in [0.717, 1.165) is 6.54 Å². The average molecular weight is 200 g/mol. The largest absolute Gasteiger partial charge is 0.367 e. The SMILES string of the molecule is CC(C)C1NCC2O[C@H](C)COC2N1. The summed E-state index contributed by atoms with van der Waals surface area (Å²) >= 11 is 0. The number of hydrogen-bond acceptors (Lipinski definition) is 4. The van der Waals surface area contributed by atoms with Crippen LogP contribution in [0.5, 0.6) is 0 Å². The van der Waals surface area contributed by atoms with E-state index in [1.54, 1.807) is 0 Å². The van der Waals surface area contributed by atoms with Gasteiger partial charge in [-0.2, -0.15) is 0 Å². The van der Waals surface area contributed by atoms with Gasteiger partial charge in [0.05, 0.1) is 18.9 Å². The first-order valence-electron chi connectivity index (χ1n) is 5.43. The Bertz CT molecular complexity index is 199. The molecule has 0 aliphatic carbocycles. The van der Waals surface area contributed by atoms with Gasteiger partial charge in [-0.05, 0) is 12.8 Å². The molecule has 2 fully saturated rings. The zero-order valence-corrected chi connectivity index (χ0v) is 9.12. The summed E-state index contributed by atoms with van der Waals surface area (Å²) in [6.07, 6.45) is 0.789. The fraction of sp³-hybridized carbons (Fsp3) is 1.00. The fourth-order valence-corrected chi connectivity index (χ4v) is 1.97. The zero-order chi connectivity index (χ0) is 10.1. The van der Waals surface area contributed by atoms with Crippen LogP contribution in [-0.2, 0) is 9.47 Å². The normalized spacial score (nSPS) is 43.7. The van der Waals surface area contributed by atoms with Crippen LogP contribution in [-0.4, -0.2) is 37.8 Å². The van der Waals surface area contributed by atoms with E-state index in [0.29, 0.717) is 18.7 Å². The van der Waals surface area contributed by atoms with Gasteiger partial charge in [0.1, 0.15) is 12.3 Å². The maximum atomic E-state index is 5.77. The fourth-order valence-electron chi connectivity index (χ4n) is 1.97. The third kappa shape index (κ3) is 2.08.